The molecule has 1 aliphatic heterocycles. The fourth-order valence-corrected chi connectivity index (χ4v) is 3.59. The minimum atomic E-state index is -3.22. The van der Waals surface area contributed by atoms with Crippen LogP contribution in [0.3, 0.4) is 0 Å². The summed E-state index contributed by atoms with van der Waals surface area (Å²) >= 11 is 3.26. The molecule has 2 heterocycles. The molecule has 1 aliphatic rings. The Kier molecular flexibility index (Phi) is 2.33. The van der Waals surface area contributed by atoms with E-state index in [4.69, 9.17) is 1.37 Å². The zero-order valence-corrected chi connectivity index (χ0v) is 10.8. The third-order valence-electron chi connectivity index (χ3n) is 2.57. The van der Waals surface area contributed by atoms with Crippen LogP contribution in [0.2, 0.25) is 0 Å². The van der Waals surface area contributed by atoms with Gasteiger partial charge in [-0.1, -0.05) is 0 Å². The average molecular weight is 295 g/mol. The summed E-state index contributed by atoms with van der Waals surface area (Å²) in [6, 6.07) is -0.287. The second-order valence-corrected chi connectivity index (χ2v) is 6.28. The van der Waals surface area contributed by atoms with Crippen molar-refractivity contribution in [3.05, 3.63) is 16.6 Å². The molecule has 0 aromatic carbocycles. The Morgan fingerprint density at radius 2 is 2.33 bits per heavy atom. The molecule has 1 atom stereocenters. The van der Waals surface area contributed by atoms with Gasteiger partial charge in [-0.15, -0.1) is 0 Å². The zero-order valence-electron chi connectivity index (χ0n) is 9.44. The summed E-state index contributed by atoms with van der Waals surface area (Å²) in [5, 5.41) is 0. The predicted octanol–water partition coefficient (Wildman–Crippen LogP) is 0.982. The molecule has 5 nitrogen and oxygen atoms in total. The highest BCUT2D eigenvalue weighted by molar-refractivity contribution is 9.10. The van der Waals surface area contributed by atoms with Gasteiger partial charge < -0.3 is 4.57 Å². The Balaban J connectivity index is 2.51. The largest absolute Gasteiger partial charge is 0.331 e. The Morgan fingerprint density at radius 1 is 1.67 bits per heavy atom. The molecule has 0 aliphatic carbocycles. The first kappa shape index (κ1) is 9.80. The van der Waals surface area contributed by atoms with Crippen molar-refractivity contribution >= 4 is 26.0 Å². The summed E-state index contributed by atoms with van der Waals surface area (Å²) in [7, 11) is -3.22. The summed E-state index contributed by atoms with van der Waals surface area (Å²) in [5.74, 6) is 0. The van der Waals surface area contributed by atoms with Crippen LogP contribution in [0.1, 0.15) is 20.0 Å². The molecule has 2 rings (SSSR count). The highest BCUT2D eigenvalue weighted by Gasteiger charge is 2.32. The van der Waals surface area contributed by atoms with Crippen molar-refractivity contribution in [3.63, 3.8) is 0 Å². The maximum atomic E-state index is 11.6. The van der Waals surface area contributed by atoms with E-state index < -0.39 is 10.0 Å². The molecule has 1 unspecified atom stereocenters. The fraction of sp³-hybridized carbons (Fsp3) is 0.625. The molecular weight excluding hydrogens is 282 g/mol. The second-order valence-electron chi connectivity index (χ2n) is 3.59. The first-order valence-electron chi connectivity index (χ1n) is 5.01. The molecule has 84 valence electrons. The lowest BCUT2D eigenvalue weighted by atomic mass is 10.2. The number of hydrogen-bond donors (Lipinski definition) is 0. The Morgan fingerprint density at radius 3 is 2.93 bits per heavy atom. The smallest absolute Gasteiger partial charge is 0.211 e. The van der Waals surface area contributed by atoms with Crippen molar-refractivity contribution in [2.24, 2.45) is 0 Å². The Labute approximate surface area is 98.7 Å². The van der Waals surface area contributed by atoms with E-state index in [1.165, 1.54) is 10.6 Å². The molecule has 0 saturated heterocycles. The van der Waals surface area contributed by atoms with Gasteiger partial charge in [0.15, 0.2) is 0 Å². The van der Waals surface area contributed by atoms with E-state index >= 15 is 0 Å². The van der Waals surface area contributed by atoms with Gasteiger partial charge in [0.25, 0.3) is 0 Å². The third kappa shape index (κ3) is 1.83. The van der Waals surface area contributed by atoms with Crippen LogP contribution in [0, 0.1) is 0 Å². The molecule has 0 spiro atoms. The highest BCUT2D eigenvalue weighted by atomic mass is 79.9. The molecule has 0 N–H and O–H groups in total. The lowest BCUT2D eigenvalue weighted by molar-refractivity contribution is 0.283. The topological polar surface area (TPSA) is 55.2 Å². The zero-order chi connectivity index (χ0) is 12.1. The third-order valence-corrected chi connectivity index (χ3v) is 4.50. The lowest BCUT2D eigenvalue weighted by Gasteiger charge is -2.32. The molecule has 15 heavy (non-hydrogen) atoms. The van der Waals surface area contributed by atoms with Crippen molar-refractivity contribution < 1.29 is 9.79 Å². The lowest BCUT2D eigenvalue weighted by Crippen LogP contribution is -2.40. The molecule has 0 amide bonds. The first-order chi connectivity index (χ1) is 7.32. The summed E-state index contributed by atoms with van der Waals surface area (Å²) < 4.78 is 34.5. The summed E-state index contributed by atoms with van der Waals surface area (Å²) in [6.45, 7) is 2.67. The quantitative estimate of drug-likeness (QED) is 0.776. The van der Waals surface area contributed by atoms with E-state index in [1.807, 2.05) is 0 Å². The van der Waals surface area contributed by atoms with Crippen LogP contribution >= 0.6 is 15.9 Å². The van der Waals surface area contributed by atoms with Gasteiger partial charge in [0.1, 0.15) is 5.97 Å². The summed E-state index contributed by atoms with van der Waals surface area (Å²) in [5.41, 5.74) is 0.752. The van der Waals surface area contributed by atoms with Crippen molar-refractivity contribution in [3.8, 4) is 0 Å². The normalized spacial score (nSPS) is 23.7. The minimum Gasteiger partial charge on any atom is -0.331 e. The van der Waals surface area contributed by atoms with Crippen LogP contribution in [-0.2, 0) is 16.6 Å². The summed E-state index contributed by atoms with van der Waals surface area (Å²) in [4.78, 5) is 3.98. The van der Waals surface area contributed by atoms with Crippen molar-refractivity contribution in [2.45, 2.75) is 19.5 Å². The number of fused-ring (bicyclic) bond motifs is 1. The molecule has 0 bridgehead atoms. The fourth-order valence-electron chi connectivity index (χ4n) is 1.88. The maximum absolute atomic E-state index is 11.6. The van der Waals surface area contributed by atoms with E-state index in [2.05, 4.69) is 20.9 Å². The predicted molar refractivity (Wildman–Crippen MR) is 59.9 cm³/mol. The van der Waals surface area contributed by atoms with Crippen molar-refractivity contribution in [1.82, 2.24) is 13.9 Å². The van der Waals surface area contributed by atoms with E-state index in [0.29, 0.717) is 17.7 Å². The van der Waals surface area contributed by atoms with E-state index in [-0.39, 0.29) is 12.3 Å². The number of halogens is 1. The molecule has 1 aromatic heterocycles. The van der Waals surface area contributed by atoms with Gasteiger partial charge in [0.05, 0.1) is 24.3 Å². The molecule has 1 aromatic rings. The minimum absolute atomic E-state index is 0.168. The molecule has 0 saturated carbocycles. The van der Waals surface area contributed by atoms with Crippen LogP contribution in [0.25, 0.3) is 0 Å². The van der Waals surface area contributed by atoms with Gasteiger partial charge in [0.2, 0.25) is 10.0 Å². The molecule has 7 heteroatoms. The maximum Gasteiger partial charge on any atom is 0.211 e. The van der Waals surface area contributed by atoms with Crippen LogP contribution < -0.4 is 0 Å². The number of imidazole rings is 1. The molecule has 0 fully saturated rings. The Hall–Kier alpha value is -0.400. The van der Waals surface area contributed by atoms with E-state index in [1.54, 1.807) is 11.5 Å². The first-order valence-corrected chi connectivity index (χ1v) is 7.16. The van der Waals surface area contributed by atoms with Crippen molar-refractivity contribution in [1.29, 1.82) is 0 Å². The molecular formula is C8H12BrN3O2S. The van der Waals surface area contributed by atoms with E-state index in [9.17, 15) is 8.42 Å². The Bertz CT molecular complexity index is 528. The van der Waals surface area contributed by atoms with E-state index in [0.717, 1.165) is 5.69 Å². The number of sulfonamides is 1. The molecule has 0 radical (unpaired) electrons. The number of aromatic nitrogens is 2. The summed E-state index contributed by atoms with van der Waals surface area (Å²) in [6.07, 6.45) is 1.37. The van der Waals surface area contributed by atoms with Gasteiger partial charge >= 0.3 is 0 Å². The van der Waals surface area contributed by atoms with Crippen LogP contribution in [0.4, 0.5) is 0 Å². The SMILES string of the molecule is [2H]c1nc(Br)c2n1CCN(S(C)(=O)=O)C2C. The number of nitrogens with zero attached hydrogens (tertiary/aromatic N) is 3. The van der Waals surface area contributed by atoms with Crippen LogP contribution in [0.5, 0.6) is 0 Å². The van der Waals surface area contributed by atoms with Gasteiger partial charge in [-0.2, -0.15) is 4.31 Å². The average Bonchev–Trinajstić information content (AvgIpc) is 2.41. The highest BCUT2D eigenvalue weighted by Crippen LogP contribution is 2.31. The number of rotatable bonds is 1. The van der Waals surface area contributed by atoms with Gasteiger partial charge in [-0.05, 0) is 22.9 Å². The van der Waals surface area contributed by atoms with Gasteiger partial charge in [-0.25, -0.2) is 13.4 Å². The standard InChI is InChI=1S/C8H12BrN3O2S/c1-6-7-8(9)10-5-11(7)3-4-12(6)15(2,13)14/h5-6H,3-4H2,1-2H3/i5D. The monoisotopic (exact) mass is 294 g/mol. The second kappa shape index (κ2) is 3.57. The van der Waals surface area contributed by atoms with Gasteiger partial charge in [-0.3, -0.25) is 0 Å². The van der Waals surface area contributed by atoms with Crippen LogP contribution in [0.15, 0.2) is 10.9 Å². The van der Waals surface area contributed by atoms with Crippen molar-refractivity contribution in [2.75, 3.05) is 12.8 Å². The van der Waals surface area contributed by atoms with Gasteiger partial charge in [0, 0.05) is 13.1 Å². The van der Waals surface area contributed by atoms with Crippen LogP contribution in [-0.4, -0.2) is 35.1 Å². The number of hydrogen-bond acceptors (Lipinski definition) is 3.